The van der Waals surface area contributed by atoms with Crippen LogP contribution < -0.4 is 10.6 Å². The van der Waals surface area contributed by atoms with E-state index in [1.54, 1.807) is 7.05 Å². The zero-order chi connectivity index (χ0) is 19.2. The highest BCUT2D eigenvalue weighted by molar-refractivity contribution is 6.23. The summed E-state index contributed by atoms with van der Waals surface area (Å²) in [5, 5.41) is 0. The Hall–Kier alpha value is -2.70. The average molecular weight is 359 g/mol. The number of primary amides is 1. The van der Waals surface area contributed by atoms with E-state index in [1.165, 1.54) is 11.0 Å². The summed E-state index contributed by atoms with van der Waals surface area (Å²) in [6, 6.07) is 1.10. The second-order valence-corrected chi connectivity index (χ2v) is 7.01. The first-order valence-corrected chi connectivity index (χ1v) is 8.55. The quantitative estimate of drug-likeness (QED) is 0.652. The van der Waals surface area contributed by atoms with E-state index in [1.807, 2.05) is 18.7 Å². The molecule has 2 N–H and O–H groups in total. The molecule has 1 heterocycles. The first-order valence-electron chi connectivity index (χ1n) is 8.55. The van der Waals surface area contributed by atoms with Gasteiger partial charge in [0.15, 0.2) is 0 Å². The van der Waals surface area contributed by atoms with E-state index in [-0.39, 0.29) is 11.6 Å². The van der Waals surface area contributed by atoms with Crippen LogP contribution >= 0.6 is 0 Å². The van der Waals surface area contributed by atoms with Gasteiger partial charge in [-0.1, -0.05) is 5.57 Å². The van der Waals surface area contributed by atoms with Crippen molar-refractivity contribution in [1.29, 1.82) is 0 Å². The standard InChI is InChI=1S/C19H22FN3O3/c1-10-6-13-14(19(21)26)7-15(20)18(17(13)11(10)2)22(3)12-4-5-23(8-12)16(25)9-24/h7,9,12H,4-6,8H2,1-3H3,(H2,21,26)/t12-/m0/s1. The number of hydrogen-bond acceptors (Lipinski definition) is 4. The number of aldehydes is 1. The number of halogens is 1. The second-order valence-electron chi connectivity index (χ2n) is 7.01. The average Bonchev–Trinajstić information content (AvgIpc) is 3.20. The van der Waals surface area contributed by atoms with Crippen LogP contribution in [0.25, 0.3) is 5.57 Å². The fourth-order valence-electron chi connectivity index (χ4n) is 3.96. The van der Waals surface area contributed by atoms with Gasteiger partial charge in [0.05, 0.1) is 5.69 Å². The fraction of sp³-hybridized carbons (Fsp3) is 0.421. The van der Waals surface area contributed by atoms with Crippen molar-refractivity contribution in [2.24, 2.45) is 5.73 Å². The van der Waals surface area contributed by atoms with Crippen LogP contribution in [0, 0.1) is 5.82 Å². The Morgan fingerprint density at radius 3 is 2.69 bits per heavy atom. The van der Waals surface area contributed by atoms with Crippen molar-refractivity contribution in [2.45, 2.75) is 32.7 Å². The van der Waals surface area contributed by atoms with Crippen molar-refractivity contribution in [3.8, 4) is 0 Å². The Bertz CT molecular complexity index is 847. The van der Waals surface area contributed by atoms with Gasteiger partial charge in [0.1, 0.15) is 5.82 Å². The number of anilines is 1. The molecule has 0 aromatic heterocycles. The maximum absolute atomic E-state index is 15.0. The third-order valence-corrected chi connectivity index (χ3v) is 5.56. The van der Waals surface area contributed by atoms with E-state index in [0.29, 0.717) is 37.9 Å². The first kappa shape index (κ1) is 18.1. The Balaban J connectivity index is 2.03. The van der Waals surface area contributed by atoms with Gasteiger partial charge in [-0.25, -0.2) is 4.39 Å². The number of nitrogens with two attached hydrogens (primary N) is 1. The molecule has 1 aliphatic carbocycles. The van der Waals surface area contributed by atoms with Gasteiger partial charge in [0, 0.05) is 37.3 Å². The molecule has 1 saturated heterocycles. The molecule has 1 aromatic carbocycles. The van der Waals surface area contributed by atoms with Gasteiger partial charge < -0.3 is 15.5 Å². The number of carbonyl (C=O) groups is 3. The third kappa shape index (κ3) is 2.77. The minimum Gasteiger partial charge on any atom is -0.367 e. The molecule has 0 unspecified atom stereocenters. The minimum absolute atomic E-state index is 0.106. The molecule has 6 nitrogen and oxygen atoms in total. The Labute approximate surface area is 151 Å². The van der Waals surface area contributed by atoms with Gasteiger partial charge in [-0.2, -0.15) is 0 Å². The number of likely N-dealkylation sites (N-methyl/N-ethyl adjacent to an activating group) is 1. The molecular formula is C19H22FN3O3. The molecule has 138 valence electrons. The Morgan fingerprint density at radius 2 is 2.08 bits per heavy atom. The summed E-state index contributed by atoms with van der Waals surface area (Å²) in [5.41, 5.74) is 9.59. The highest BCUT2D eigenvalue weighted by Crippen LogP contribution is 2.43. The van der Waals surface area contributed by atoms with Gasteiger partial charge in [0.25, 0.3) is 5.91 Å². The van der Waals surface area contributed by atoms with Crippen molar-refractivity contribution in [3.63, 3.8) is 0 Å². The smallest absolute Gasteiger partial charge is 0.286 e. The van der Waals surface area contributed by atoms with E-state index in [2.05, 4.69) is 0 Å². The number of fused-ring (bicyclic) bond motifs is 1. The number of nitrogens with zero attached hydrogens (tertiary/aromatic N) is 2. The molecule has 1 fully saturated rings. The molecule has 0 radical (unpaired) electrons. The molecule has 1 atom stereocenters. The predicted molar refractivity (Wildman–Crippen MR) is 96.3 cm³/mol. The summed E-state index contributed by atoms with van der Waals surface area (Å²) in [5.74, 6) is -1.70. The molecule has 26 heavy (non-hydrogen) atoms. The zero-order valence-electron chi connectivity index (χ0n) is 15.1. The maximum Gasteiger partial charge on any atom is 0.286 e. The Kier molecular flexibility index (Phi) is 4.56. The lowest BCUT2D eigenvalue weighted by Crippen LogP contribution is -2.38. The lowest BCUT2D eigenvalue weighted by Gasteiger charge is -2.30. The summed E-state index contributed by atoms with van der Waals surface area (Å²) in [4.78, 5) is 37.4. The number of carbonyl (C=O) groups excluding carboxylic acids is 3. The van der Waals surface area contributed by atoms with Crippen LogP contribution in [0.15, 0.2) is 11.6 Å². The number of allylic oxidation sites excluding steroid dienone is 2. The van der Waals surface area contributed by atoms with Crippen LogP contribution in [0.4, 0.5) is 10.1 Å². The maximum atomic E-state index is 15.0. The van der Waals surface area contributed by atoms with Gasteiger partial charge in [-0.3, -0.25) is 14.4 Å². The van der Waals surface area contributed by atoms with E-state index in [4.69, 9.17) is 5.73 Å². The predicted octanol–water partition coefficient (Wildman–Crippen LogP) is 1.51. The molecule has 0 bridgehead atoms. The lowest BCUT2D eigenvalue weighted by atomic mass is 9.96. The van der Waals surface area contributed by atoms with Crippen LogP contribution in [0.2, 0.25) is 0 Å². The molecule has 3 rings (SSSR count). The third-order valence-electron chi connectivity index (χ3n) is 5.56. The van der Waals surface area contributed by atoms with Gasteiger partial charge in [-0.05, 0) is 43.9 Å². The van der Waals surface area contributed by atoms with E-state index < -0.39 is 17.6 Å². The van der Waals surface area contributed by atoms with Crippen molar-refractivity contribution in [1.82, 2.24) is 4.90 Å². The Morgan fingerprint density at radius 1 is 1.38 bits per heavy atom. The minimum atomic E-state index is -0.638. The van der Waals surface area contributed by atoms with Crippen molar-refractivity contribution in [2.75, 3.05) is 25.0 Å². The van der Waals surface area contributed by atoms with E-state index in [9.17, 15) is 18.8 Å². The highest BCUT2D eigenvalue weighted by atomic mass is 19.1. The van der Waals surface area contributed by atoms with Gasteiger partial charge in [-0.15, -0.1) is 0 Å². The second kappa shape index (κ2) is 6.55. The van der Waals surface area contributed by atoms with E-state index >= 15 is 0 Å². The molecule has 0 spiro atoms. The molecule has 2 aliphatic rings. The number of amides is 2. The summed E-state index contributed by atoms with van der Waals surface area (Å²) >= 11 is 0. The van der Waals surface area contributed by atoms with Crippen LogP contribution in [-0.2, 0) is 16.0 Å². The highest BCUT2D eigenvalue weighted by Gasteiger charge is 2.34. The molecule has 1 aliphatic heterocycles. The summed E-state index contributed by atoms with van der Waals surface area (Å²) in [6.45, 7) is 4.70. The number of rotatable bonds is 4. The number of likely N-dealkylation sites (tertiary alicyclic amines) is 1. The van der Waals surface area contributed by atoms with Crippen molar-refractivity contribution < 1.29 is 18.8 Å². The van der Waals surface area contributed by atoms with Crippen LogP contribution in [0.5, 0.6) is 0 Å². The summed E-state index contributed by atoms with van der Waals surface area (Å²) in [6.07, 6.45) is 1.52. The van der Waals surface area contributed by atoms with Crippen molar-refractivity contribution >= 4 is 29.4 Å². The van der Waals surface area contributed by atoms with Crippen LogP contribution in [0.3, 0.4) is 0 Å². The van der Waals surface area contributed by atoms with Gasteiger partial charge >= 0.3 is 0 Å². The van der Waals surface area contributed by atoms with Crippen LogP contribution in [-0.4, -0.2) is 49.2 Å². The fourth-order valence-corrected chi connectivity index (χ4v) is 3.96. The SMILES string of the molecule is CC1=C(C)c2c(c(C(N)=O)cc(F)c2N(C)[C@H]2CCN(C(=O)C=O)C2)C1. The molecule has 0 saturated carbocycles. The topological polar surface area (TPSA) is 83.7 Å². The normalized spacial score (nSPS) is 18.9. The summed E-state index contributed by atoms with van der Waals surface area (Å²) < 4.78 is 15.0. The molecule has 1 aromatic rings. The van der Waals surface area contributed by atoms with Crippen molar-refractivity contribution in [3.05, 3.63) is 34.1 Å². The number of hydrogen-bond donors (Lipinski definition) is 1. The number of benzene rings is 1. The van der Waals surface area contributed by atoms with E-state index in [0.717, 1.165) is 22.3 Å². The summed E-state index contributed by atoms with van der Waals surface area (Å²) in [7, 11) is 1.78. The van der Waals surface area contributed by atoms with Crippen LogP contribution in [0.1, 0.15) is 41.8 Å². The molecule has 2 amide bonds. The first-order chi connectivity index (χ1) is 12.3. The largest absolute Gasteiger partial charge is 0.367 e. The zero-order valence-corrected chi connectivity index (χ0v) is 15.1. The lowest BCUT2D eigenvalue weighted by molar-refractivity contribution is -0.138. The monoisotopic (exact) mass is 359 g/mol. The molecular weight excluding hydrogens is 337 g/mol. The molecule has 7 heteroatoms. The van der Waals surface area contributed by atoms with Gasteiger partial charge in [0.2, 0.25) is 12.2 Å².